The first-order valence-electron chi connectivity index (χ1n) is 7.72. The molecule has 0 radical (unpaired) electrons. The van der Waals surface area contributed by atoms with Crippen molar-refractivity contribution in [2.45, 2.75) is 32.0 Å². The van der Waals surface area contributed by atoms with Crippen LogP contribution in [0.15, 0.2) is 59.7 Å². The lowest BCUT2D eigenvalue weighted by Crippen LogP contribution is -2.36. The summed E-state index contributed by atoms with van der Waals surface area (Å²) in [5.41, 5.74) is 11.5. The molecule has 3 rings (SSSR count). The summed E-state index contributed by atoms with van der Waals surface area (Å²) in [7, 11) is 0. The van der Waals surface area contributed by atoms with Crippen LogP contribution in [0.3, 0.4) is 0 Å². The van der Waals surface area contributed by atoms with Crippen molar-refractivity contribution in [1.29, 1.82) is 0 Å². The van der Waals surface area contributed by atoms with Gasteiger partial charge in [0.2, 0.25) is 0 Å². The van der Waals surface area contributed by atoms with Crippen molar-refractivity contribution in [2.24, 2.45) is 5.11 Å². The lowest BCUT2D eigenvalue weighted by atomic mass is 10.1. The van der Waals surface area contributed by atoms with Gasteiger partial charge >= 0.3 is 0 Å². The third kappa shape index (κ3) is 2.91. The molecule has 0 saturated heterocycles. The van der Waals surface area contributed by atoms with Crippen molar-refractivity contribution in [2.75, 3.05) is 0 Å². The zero-order valence-corrected chi connectivity index (χ0v) is 13.0. The average Bonchev–Trinajstić information content (AvgIpc) is 2.87. The first-order chi connectivity index (χ1) is 11.2. The Morgan fingerprint density at radius 2 is 1.87 bits per heavy atom. The maximum Gasteiger partial charge on any atom is 0.255 e. The lowest BCUT2D eigenvalue weighted by molar-refractivity contribution is 0.0641. The second-order valence-corrected chi connectivity index (χ2v) is 5.75. The van der Waals surface area contributed by atoms with E-state index in [1.54, 1.807) is 11.0 Å². The molecule has 116 valence electrons. The molecule has 0 N–H and O–H groups in total. The Morgan fingerprint density at radius 1 is 1.17 bits per heavy atom. The fourth-order valence-corrected chi connectivity index (χ4v) is 3.08. The fourth-order valence-electron chi connectivity index (χ4n) is 3.08. The molecule has 0 aromatic heterocycles. The molecule has 2 aromatic rings. The predicted molar refractivity (Wildman–Crippen MR) is 88.7 cm³/mol. The van der Waals surface area contributed by atoms with Crippen LogP contribution in [0.25, 0.3) is 10.4 Å². The van der Waals surface area contributed by atoms with Gasteiger partial charge in [-0.1, -0.05) is 53.6 Å². The summed E-state index contributed by atoms with van der Waals surface area (Å²) in [5, 5.41) is 3.86. The number of fused-ring (bicyclic) bond motifs is 1. The standard InChI is InChI=1S/C18H18N4O/c1-13(11-12-14-7-3-2-4-8-14)22-17(20-21-19)15-9-5-6-10-16(15)18(22)23/h2-10,13,17H,11-12H2,1H3/t13-,17-/m1/s1. The summed E-state index contributed by atoms with van der Waals surface area (Å²) >= 11 is 0. The maximum absolute atomic E-state index is 12.7. The van der Waals surface area contributed by atoms with E-state index in [2.05, 4.69) is 22.2 Å². The first-order valence-corrected chi connectivity index (χ1v) is 7.72. The molecule has 2 atom stereocenters. The van der Waals surface area contributed by atoms with Crippen LogP contribution < -0.4 is 0 Å². The lowest BCUT2D eigenvalue weighted by Gasteiger charge is -2.28. The monoisotopic (exact) mass is 306 g/mol. The van der Waals surface area contributed by atoms with Gasteiger partial charge in [0.05, 0.1) is 0 Å². The van der Waals surface area contributed by atoms with E-state index in [4.69, 9.17) is 5.53 Å². The highest BCUT2D eigenvalue weighted by Crippen LogP contribution is 2.36. The third-order valence-electron chi connectivity index (χ3n) is 4.30. The fraction of sp³-hybridized carbons (Fsp3) is 0.278. The Balaban J connectivity index is 1.80. The van der Waals surface area contributed by atoms with Crippen LogP contribution in [0.5, 0.6) is 0 Å². The molecule has 0 unspecified atom stereocenters. The number of aryl methyl sites for hydroxylation is 1. The van der Waals surface area contributed by atoms with Crippen molar-refractivity contribution >= 4 is 5.91 Å². The first kappa shape index (κ1) is 15.1. The molecule has 1 heterocycles. The summed E-state index contributed by atoms with van der Waals surface area (Å²) in [5.74, 6) is -0.0569. The summed E-state index contributed by atoms with van der Waals surface area (Å²) in [6.07, 6.45) is 1.15. The average molecular weight is 306 g/mol. The molecule has 2 aromatic carbocycles. The maximum atomic E-state index is 12.7. The van der Waals surface area contributed by atoms with Crippen molar-refractivity contribution in [3.63, 3.8) is 0 Å². The molecule has 5 heteroatoms. The van der Waals surface area contributed by atoms with Crippen LogP contribution in [0.1, 0.15) is 41.0 Å². The second kappa shape index (κ2) is 6.55. The smallest absolute Gasteiger partial charge is 0.255 e. The molecule has 23 heavy (non-hydrogen) atoms. The quantitative estimate of drug-likeness (QED) is 0.456. The third-order valence-corrected chi connectivity index (χ3v) is 4.30. The molecule has 1 aliphatic heterocycles. The number of carbonyl (C=O) groups is 1. The van der Waals surface area contributed by atoms with Gasteiger partial charge in [-0.25, -0.2) is 0 Å². The number of benzene rings is 2. The molecule has 1 amide bonds. The van der Waals surface area contributed by atoms with Gasteiger partial charge in [-0.15, -0.1) is 0 Å². The number of amides is 1. The highest BCUT2D eigenvalue weighted by molar-refractivity contribution is 5.99. The zero-order valence-electron chi connectivity index (χ0n) is 13.0. The summed E-state index contributed by atoms with van der Waals surface area (Å²) in [6, 6.07) is 17.5. The van der Waals surface area contributed by atoms with E-state index in [1.807, 2.05) is 43.3 Å². The zero-order chi connectivity index (χ0) is 16.2. The molecule has 0 bridgehead atoms. The topological polar surface area (TPSA) is 69.1 Å². The van der Waals surface area contributed by atoms with E-state index < -0.39 is 6.17 Å². The Bertz CT molecular complexity index is 753. The van der Waals surface area contributed by atoms with Gasteiger partial charge in [-0.3, -0.25) is 4.79 Å². The van der Waals surface area contributed by atoms with Crippen LogP contribution in [-0.2, 0) is 6.42 Å². The van der Waals surface area contributed by atoms with E-state index in [1.165, 1.54) is 5.56 Å². The minimum absolute atomic E-state index is 0.00870. The van der Waals surface area contributed by atoms with E-state index in [0.29, 0.717) is 5.56 Å². The van der Waals surface area contributed by atoms with Crippen molar-refractivity contribution in [3.8, 4) is 0 Å². The van der Waals surface area contributed by atoms with E-state index in [-0.39, 0.29) is 11.9 Å². The molecule has 0 saturated carbocycles. The normalized spacial score (nSPS) is 17.5. The molecule has 0 spiro atoms. The van der Waals surface area contributed by atoms with Crippen LogP contribution in [0, 0.1) is 0 Å². The van der Waals surface area contributed by atoms with E-state index in [0.717, 1.165) is 18.4 Å². The molecule has 0 aliphatic carbocycles. The highest BCUT2D eigenvalue weighted by Gasteiger charge is 2.38. The Hall–Kier alpha value is -2.78. The Kier molecular flexibility index (Phi) is 4.31. The van der Waals surface area contributed by atoms with Crippen molar-refractivity contribution in [3.05, 3.63) is 81.7 Å². The Morgan fingerprint density at radius 3 is 2.61 bits per heavy atom. The molecule has 5 nitrogen and oxygen atoms in total. The van der Waals surface area contributed by atoms with Gasteiger partial charge in [0.15, 0.2) is 0 Å². The largest absolute Gasteiger partial charge is 0.323 e. The van der Waals surface area contributed by atoms with Gasteiger partial charge in [0.1, 0.15) is 6.17 Å². The van der Waals surface area contributed by atoms with Crippen molar-refractivity contribution in [1.82, 2.24) is 4.90 Å². The van der Waals surface area contributed by atoms with Gasteiger partial charge in [0, 0.05) is 16.5 Å². The molecular formula is C18H18N4O. The molecular weight excluding hydrogens is 288 g/mol. The van der Waals surface area contributed by atoms with Gasteiger partial charge in [0.25, 0.3) is 5.91 Å². The van der Waals surface area contributed by atoms with Crippen LogP contribution in [0.4, 0.5) is 0 Å². The summed E-state index contributed by atoms with van der Waals surface area (Å²) < 4.78 is 0. The van der Waals surface area contributed by atoms with E-state index >= 15 is 0 Å². The van der Waals surface area contributed by atoms with Crippen LogP contribution in [-0.4, -0.2) is 16.8 Å². The Labute approximate surface area is 135 Å². The van der Waals surface area contributed by atoms with Crippen LogP contribution in [0.2, 0.25) is 0 Å². The number of hydrogen-bond acceptors (Lipinski definition) is 2. The van der Waals surface area contributed by atoms with Crippen molar-refractivity contribution < 1.29 is 4.79 Å². The highest BCUT2D eigenvalue weighted by atomic mass is 16.2. The summed E-state index contributed by atoms with van der Waals surface area (Å²) in [4.78, 5) is 17.3. The molecule has 1 aliphatic rings. The number of carbonyl (C=O) groups excluding carboxylic acids is 1. The van der Waals surface area contributed by atoms with Gasteiger partial charge in [-0.05, 0) is 42.5 Å². The van der Waals surface area contributed by atoms with Crippen LogP contribution >= 0.6 is 0 Å². The summed E-state index contributed by atoms with van der Waals surface area (Å²) in [6.45, 7) is 2.01. The van der Waals surface area contributed by atoms with Gasteiger partial charge in [-0.2, -0.15) is 0 Å². The molecule has 0 fully saturated rings. The second-order valence-electron chi connectivity index (χ2n) is 5.75. The SMILES string of the molecule is C[C@H](CCc1ccccc1)N1C(=O)c2ccccc2[C@@H]1N=[N+]=[N-]. The number of azide groups is 1. The predicted octanol–water partition coefficient (Wildman–Crippen LogP) is 4.47. The minimum atomic E-state index is -0.547. The number of nitrogens with zero attached hydrogens (tertiary/aromatic N) is 4. The van der Waals surface area contributed by atoms with E-state index in [9.17, 15) is 4.79 Å². The number of hydrogen-bond donors (Lipinski definition) is 0. The number of rotatable bonds is 5. The van der Waals surface area contributed by atoms with Gasteiger partial charge < -0.3 is 4.90 Å². The minimum Gasteiger partial charge on any atom is -0.323 e.